The summed E-state index contributed by atoms with van der Waals surface area (Å²) in [5.41, 5.74) is 6.58. The maximum Gasteiger partial charge on any atom is 0.0909 e. The number of rotatable bonds is 2. The highest BCUT2D eigenvalue weighted by atomic mass is 79.9. The second-order valence-corrected chi connectivity index (χ2v) is 3.50. The molecular weight excluding hydrogens is 216 g/mol. The Balaban J connectivity index is 2.70. The van der Waals surface area contributed by atoms with Gasteiger partial charge in [-0.15, -0.1) is 0 Å². The second kappa shape index (κ2) is 4.26. The van der Waals surface area contributed by atoms with Crippen LogP contribution in [0.3, 0.4) is 0 Å². The van der Waals surface area contributed by atoms with Gasteiger partial charge < -0.3 is 5.73 Å². The molecule has 0 saturated heterocycles. The van der Waals surface area contributed by atoms with Gasteiger partial charge in [0, 0.05) is 4.47 Å². The Morgan fingerprint density at radius 2 is 2.33 bits per heavy atom. The molecule has 2 N–H and O–H groups in total. The number of hydrogen-bond acceptors (Lipinski definition) is 1. The van der Waals surface area contributed by atoms with E-state index in [1.165, 1.54) is 0 Å². The molecule has 0 atom stereocenters. The van der Waals surface area contributed by atoms with E-state index in [1.54, 1.807) is 6.92 Å². The fourth-order valence-corrected chi connectivity index (χ4v) is 1.30. The van der Waals surface area contributed by atoms with E-state index in [9.17, 15) is 0 Å². The Hall–Kier alpha value is -0.830. The summed E-state index contributed by atoms with van der Waals surface area (Å²) >= 11 is 3.39. The fourth-order valence-electron chi connectivity index (χ4n) is 0.851. The molecule has 3 heteroatoms. The van der Waals surface area contributed by atoms with E-state index in [1.807, 2.05) is 24.3 Å². The molecule has 0 aromatic heterocycles. The van der Waals surface area contributed by atoms with Crippen molar-refractivity contribution in [3.8, 4) is 0 Å². The lowest BCUT2D eigenvalue weighted by molar-refractivity contribution is 1.06. The predicted octanol–water partition coefficient (Wildman–Crippen LogP) is 2.33. The topological polar surface area (TPSA) is 38.4 Å². The summed E-state index contributed by atoms with van der Waals surface area (Å²) < 4.78 is 1.07. The normalized spacial score (nSPS) is 11.7. The van der Waals surface area contributed by atoms with Gasteiger partial charge in [0.05, 0.1) is 12.4 Å². The highest BCUT2D eigenvalue weighted by Crippen LogP contribution is 2.11. The molecule has 0 saturated carbocycles. The van der Waals surface area contributed by atoms with Crippen LogP contribution in [-0.4, -0.2) is 5.84 Å². The van der Waals surface area contributed by atoms with E-state index in [2.05, 4.69) is 20.9 Å². The van der Waals surface area contributed by atoms with E-state index < -0.39 is 0 Å². The third-order valence-electron chi connectivity index (χ3n) is 1.40. The van der Waals surface area contributed by atoms with Gasteiger partial charge in [-0.25, -0.2) is 0 Å². The molecule has 2 nitrogen and oxygen atoms in total. The first kappa shape index (κ1) is 9.26. The van der Waals surface area contributed by atoms with Crippen LogP contribution in [0, 0.1) is 0 Å². The van der Waals surface area contributed by atoms with E-state index in [4.69, 9.17) is 5.73 Å². The van der Waals surface area contributed by atoms with Crippen LogP contribution in [0.2, 0.25) is 0 Å². The summed E-state index contributed by atoms with van der Waals surface area (Å²) in [4.78, 5) is 4.11. The van der Waals surface area contributed by atoms with Crippen molar-refractivity contribution in [1.82, 2.24) is 0 Å². The molecule has 0 radical (unpaired) electrons. The molecule has 1 aromatic carbocycles. The SMILES string of the molecule is CC(N)=NCc1cccc(Br)c1. The van der Waals surface area contributed by atoms with Gasteiger partial charge in [0.1, 0.15) is 0 Å². The lowest BCUT2D eigenvalue weighted by atomic mass is 10.2. The molecule has 64 valence electrons. The monoisotopic (exact) mass is 226 g/mol. The number of hydrogen-bond donors (Lipinski definition) is 1. The van der Waals surface area contributed by atoms with E-state index in [0.29, 0.717) is 12.4 Å². The van der Waals surface area contributed by atoms with Gasteiger partial charge in [0.15, 0.2) is 0 Å². The smallest absolute Gasteiger partial charge is 0.0909 e. The number of amidine groups is 1. The minimum Gasteiger partial charge on any atom is -0.388 e. The summed E-state index contributed by atoms with van der Waals surface area (Å²) in [5, 5.41) is 0. The van der Waals surface area contributed by atoms with E-state index >= 15 is 0 Å². The van der Waals surface area contributed by atoms with Gasteiger partial charge in [-0.3, -0.25) is 4.99 Å². The number of benzene rings is 1. The van der Waals surface area contributed by atoms with Crippen molar-refractivity contribution in [3.05, 3.63) is 34.3 Å². The number of nitrogens with two attached hydrogens (primary N) is 1. The van der Waals surface area contributed by atoms with Crippen LogP contribution in [0.1, 0.15) is 12.5 Å². The largest absolute Gasteiger partial charge is 0.388 e. The first-order valence-corrected chi connectivity index (χ1v) is 4.49. The van der Waals surface area contributed by atoms with Crippen molar-refractivity contribution in [3.63, 3.8) is 0 Å². The van der Waals surface area contributed by atoms with Crippen molar-refractivity contribution < 1.29 is 0 Å². The van der Waals surface area contributed by atoms with Crippen molar-refractivity contribution in [1.29, 1.82) is 0 Å². The Morgan fingerprint density at radius 1 is 1.58 bits per heavy atom. The van der Waals surface area contributed by atoms with Crippen LogP contribution in [-0.2, 0) is 6.54 Å². The molecule has 0 bridgehead atoms. The zero-order valence-corrected chi connectivity index (χ0v) is 8.51. The van der Waals surface area contributed by atoms with Gasteiger partial charge in [-0.1, -0.05) is 28.1 Å². The van der Waals surface area contributed by atoms with E-state index in [-0.39, 0.29) is 0 Å². The van der Waals surface area contributed by atoms with Crippen molar-refractivity contribution in [2.45, 2.75) is 13.5 Å². The van der Waals surface area contributed by atoms with Crippen LogP contribution >= 0.6 is 15.9 Å². The minimum atomic E-state index is 0.620. The Labute approximate surface area is 80.6 Å². The summed E-state index contributed by atoms with van der Waals surface area (Å²) in [7, 11) is 0. The molecule has 1 rings (SSSR count). The molecule has 0 spiro atoms. The first-order chi connectivity index (χ1) is 5.68. The van der Waals surface area contributed by atoms with Gasteiger partial charge in [-0.05, 0) is 24.6 Å². The van der Waals surface area contributed by atoms with Gasteiger partial charge in [0.25, 0.3) is 0 Å². The van der Waals surface area contributed by atoms with Gasteiger partial charge in [-0.2, -0.15) is 0 Å². The molecular formula is C9H11BrN2. The first-order valence-electron chi connectivity index (χ1n) is 3.69. The summed E-state index contributed by atoms with van der Waals surface area (Å²) in [6.07, 6.45) is 0. The zero-order chi connectivity index (χ0) is 8.97. The van der Waals surface area contributed by atoms with Gasteiger partial charge in [0.2, 0.25) is 0 Å². The van der Waals surface area contributed by atoms with Crippen molar-refractivity contribution >= 4 is 21.8 Å². The number of halogens is 1. The van der Waals surface area contributed by atoms with Gasteiger partial charge >= 0.3 is 0 Å². The van der Waals surface area contributed by atoms with Crippen LogP contribution in [0.4, 0.5) is 0 Å². The number of aliphatic imine (C=N–C) groups is 1. The molecule has 0 aliphatic rings. The quantitative estimate of drug-likeness (QED) is 0.611. The van der Waals surface area contributed by atoms with E-state index in [0.717, 1.165) is 10.0 Å². The Bertz CT molecular complexity index is 290. The molecule has 1 aromatic rings. The highest BCUT2D eigenvalue weighted by Gasteiger charge is 1.91. The van der Waals surface area contributed by atoms with Crippen LogP contribution in [0.15, 0.2) is 33.7 Å². The minimum absolute atomic E-state index is 0.620. The number of nitrogens with zero attached hydrogens (tertiary/aromatic N) is 1. The van der Waals surface area contributed by atoms with Crippen LogP contribution < -0.4 is 5.73 Å². The molecule has 0 amide bonds. The Morgan fingerprint density at radius 3 is 2.92 bits per heavy atom. The lowest BCUT2D eigenvalue weighted by Crippen LogP contribution is -2.05. The average Bonchev–Trinajstić information content (AvgIpc) is 2.01. The fraction of sp³-hybridized carbons (Fsp3) is 0.222. The van der Waals surface area contributed by atoms with Crippen molar-refractivity contribution in [2.75, 3.05) is 0 Å². The average molecular weight is 227 g/mol. The zero-order valence-electron chi connectivity index (χ0n) is 6.92. The molecule has 0 unspecified atom stereocenters. The molecule has 0 heterocycles. The molecule has 0 fully saturated rings. The molecule has 0 aliphatic heterocycles. The Kier molecular flexibility index (Phi) is 3.29. The predicted molar refractivity (Wildman–Crippen MR) is 55.1 cm³/mol. The molecule has 0 aliphatic carbocycles. The lowest BCUT2D eigenvalue weighted by Gasteiger charge is -1.97. The third kappa shape index (κ3) is 3.05. The second-order valence-electron chi connectivity index (χ2n) is 2.59. The summed E-state index contributed by atoms with van der Waals surface area (Å²) in [6.45, 7) is 2.44. The standard InChI is InChI=1S/C9H11BrN2/c1-7(11)12-6-8-3-2-4-9(10)5-8/h2-5H,6H2,1H3,(H2,11,12). The maximum atomic E-state index is 5.42. The highest BCUT2D eigenvalue weighted by molar-refractivity contribution is 9.10. The summed E-state index contributed by atoms with van der Waals surface area (Å²) in [5.74, 6) is 0.620. The maximum absolute atomic E-state index is 5.42. The van der Waals surface area contributed by atoms with Crippen LogP contribution in [0.25, 0.3) is 0 Å². The van der Waals surface area contributed by atoms with Crippen LogP contribution in [0.5, 0.6) is 0 Å². The third-order valence-corrected chi connectivity index (χ3v) is 1.89. The summed E-state index contributed by atoms with van der Waals surface area (Å²) in [6, 6.07) is 8.03. The van der Waals surface area contributed by atoms with Crippen molar-refractivity contribution in [2.24, 2.45) is 10.7 Å². The molecule has 12 heavy (non-hydrogen) atoms.